The number of methoxy groups -OCH3 is 2. The van der Waals surface area contributed by atoms with E-state index in [0.29, 0.717) is 26.4 Å². The van der Waals surface area contributed by atoms with Gasteiger partial charge in [-0.25, -0.2) is 0 Å². The third-order valence-corrected chi connectivity index (χ3v) is 5.31. The fourth-order valence-corrected chi connectivity index (χ4v) is 2.84. The van der Waals surface area contributed by atoms with E-state index in [4.69, 9.17) is 16.1 Å². The molecule has 0 aliphatic heterocycles. The summed E-state index contributed by atoms with van der Waals surface area (Å²) in [6.07, 6.45) is 0. The molecule has 14 heavy (non-hydrogen) atoms. The molecule has 84 valence electrons. The van der Waals surface area contributed by atoms with Crippen molar-refractivity contribution in [3.63, 3.8) is 0 Å². The van der Waals surface area contributed by atoms with Crippen LogP contribution in [-0.2, 0) is 33.5 Å². The van der Waals surface area contributed by atoms with E-state index in [0.717, 1.165) is 0 Å². The fourth-order valence-electron chi connectivity index (χ4n) is 0.815. The van der Waals surface area contributed by atoms with E-state index in [1.54, 1.807) is 14.2 Å². The van der Waals surface area contributed by atoms with Gasteiger partial charge in [0.2, 0.25) is 0 Å². The predicted octanol–water partition coefficient (Wildman–Crippen LogP) is 1.49. The van der Waals surface area contributed by atoms with Gasteiger partial charge in [0.05, 0.1) is 0 Å². The monoisotopic (exact) mass is 240 g/mol. The Kier molecular flexibility index (Phi) is 8.77. The maximum absolute atomic E-state index is 5.63. The first kappa shape index (κ1) is 14.3. The Morgan fingerprint density at radius 1 is 1.00 bits per heavy atom. The number of rotatable bonds is 9. The molecule has 0 aliphatic rings. The van der Waals surface area contributed by atoms with Gasteiger partial charge in [0.15, 0.2) is 0 Å². The quantitative estimate of drug-likeness (QED) is 0.452. The summed E-state index contributed by atoms with van der Waals surface area (Å²) in [4.78, 5) is 0. The Labute approximate surface area is 90.5 Å². The zero-order valence-electron chi connectivity index (χ0n) is 9.25. The molecule has 0 bridgehead atoms. The molecule has 0 aromatic carbocycles. The van der Waals surface area contributed by atoms with Crippen LogP contribution in [0.5, 0.6) is 0 Å². The third kappa shape index (κ3) is 6.70. The molecule has 4 nitrogen and oxygen atoms in total. The van der Waals surface area contributed by atoms with Crippen molar-refractivity contribution in [3.05, 3.63) is 11.0 Å². The summed E-state index contributed by atoms with van der Waals surface area (Å²) in [5.74, 6) is 0. The average Bonchev–Trinajstić information content (AvgIpc) is 2.19. The predicted molar refractivity (Wildman–Crippen MR) is 51.7 cm³/mol. The Bertz CT molecular complexity index is 142. The second kappa shape index (κ2) is 8.59. The first-order chi connectivity index (χ1) is 6.68. The van der Waals surface area contributed by atoms with Gasteiger partial charge in [-0.05, 0) is 0 Å². The van der Waals surface area contributed by atoms with Gasteiger partial charge in [0.25, 0.3) is 0 Å². The Hall–Kier alpha value is 0.294. The molecule has 0 saturated carbocycles. The minimum absolute atomic E-state index is 0.562. The van der Waals surface area contributed by atoms with Crippen LogP contribution in [0.4, 0.5) is 0 Å². The van der Waals surface area contributed by atoms with Gasteiger partial charge >= 0.3 is 90.3 Å². The first-order valence-electron chi connectivity index (χ1n) is 4.58. The molecule has 0 saturated heterocycles. The van der Waals surface area contributed by atoms with Gasteiger partial charge in [-0.2, -0.15) is 0 Å². The molecule has 0 fully saturated rings. The Balaban J connectivity index is 3.73. The molecule has 0 aromatic rings. The summed E-state index contributed by atoms with van der Waals surface area (Å²) in [6, 6.07) is 0. The van der Waals surface area contributed by atoms with Crippen LogP contribution >= 0.6 is 0 Å². The van der Waals surface area contributed by atoms with Crippen molar-refractivity contribution in [2.75, 3.05) is 40.6 Å². The topological polar surface area (TPSA) is 36.9 Å². The van der Waals surface area contributed by atoms with Crippen molar-refractivity contribution in [2.45, 2.75) is 5.23 Å². The normalized spacial score (nSPS) is 11.6. The van der Waals surface area contributed by atoms with Crippen LogP contribution in [0.15, 0.2) is 11.0 Å². The maximum atomic E-state index is 5.63. The van der Waals surface area contributed by atoms with E-state index in [-0.39, 0.29) is 0 Å². The van der Waals surface area contributed by atoms with Crippen LogP contribution in [0, 0.1) is 0 Å². The van der Waals surface area contributed by atoms with Crippen LogP contribution in [0.1, 0.15) is 0 Å². The van der Waals surface area contributed by atoms with Gasteiger partial charge in [-0.3, -0.25) is 0 Å². The second-order valence-corrected chi connectivity index (χ2v) is 7.61. The SMILES string of the molecule is C=[CH][Ti]([CH3])([O]CCOC)[O]CCOC. The molecular weight excluding hydrogens is 220 g/mol. The summed E-state index contributed by atoms with van der Waals surface area (Å²) in [5, 5.41) is 2.00. The van der Waals surface area contributed by atoms with E-state index in [9.17, 15) is 0 Å². The first-order valence-corrected chi connectivity index (χ1v) is 8.31. The third-order valence-electron chi connectivity index (χ3n) is 1.72. The summed E-state index contributed by atoms with van der Waals surface area (Å²) in [7, 11) is 3.29. The Morgan fingerprint density at radius 3 is 1.71 bits per heavy atom. The van der Waals surface area contributed by atoms with Gasteiger partial charge in [-0.1, -0.05) is 0 Å². The van der Waals surface area contributed by atoms with Crippen molar-refractivity contribution in [1.82, 2.24) is 0 Å². The van der Waals surface area contributed by atoms with E-state index < -0.39 is 17.4 Å². The number of hydrogen-bond acceptors (Lipinski definition) is 4. The molecule has 0 radical (unpaired) electrons. The molecule has 0 aliphatic carbocycles. The summed E-state index contributed by atoms with van der Waals surface area (Å²) in [6.45, 7) is 6.04. The van der Waals surface area contributed by atoms with Crippen LogP contribution in [0.3, 0.4) is 0 Å². The van der Waals surface area contributed by atoms with Crippen molar-refractivity contribution in [2.24, 2.45) is 0 Å². The van der Waals surface area contributed by atoms with Gasteiger partial charge in [0.1, 0.15) is 0 Å². The molecular formula is C9H20O4Ti. The number of hydrogen-bond donors (Lipinski definition) is 0. The summed E-state index contributed by atoms with van der Waals surface area (Å²) >= 11 is -2.70. The molecule has 0 spiro atoms. The second-order valence-electron chi connectivity index (χ2n) is 2.90. The molecule has 0 atom stereocenters. The minimum atomic E-state index is -2.70. The summed E-state index contributed by atoms with van der Waals surface area (Å²) < 4.78 is 22.9. The van der Waals surface area contributed by atoms with Gasteiger partial charge in [0, 0.05) is 0 Å². The standard InChI is InChI=1S/2C3H7O2.C2H3.CH3.Ti/c2*1-5-3-2-4;1-2;;/h2*2-3H2,1H3;1H,2H2;1H3;/q2*-1;;;+2. The molecule has 0 N–H and O–H groups in total. The van der Waals surface area contributed by atoms with E-state index >= 15 is 0 Å². The van der Waals surface area contributed by atoms with E-state index in [2.05, 4.69) is 6.58 Å². The van der Waals surface area contributed by atoms with Crippen molar-refractivity contribution in [3.8, 4) is 0 Å². The molecule has 0 aromatic heterocycles. The fraction of sp³-hybridized carbons (Fsp3) is 0.778. The zero-order valence-corrected chi connectivity index (χ0v) is 10.8. The number of ether oxygens (including phenoxy) is 2. The molecule has 5 heteroatoms. The van der Waals surface area contributed by atoms with Crippen LogP contribution in [0.25, 0.3) is 0 Å². The van der Waals surface area contributed by atoms with Crippen LogP contribution < -0.4 is 0 Å². The van der Waals surface area contributed by atoms with Gasteiger partial charge in [-0.15, -0.1) is 0 Å². The average molecular weight is 240 g/mol. The van der Waals surface area contributed by atoms with Crippen molar-refractivity contribution in [1.29, 1.82) is 0 Å². The summed E-state index contributed by atoms with van der Waals surface area (Å²) in [5.41, 5.74) is 0. The molecule has 0 amide bonds. The van der Waals surface area contributed by atoms with Gasteiger partial charge < -0.3 is 0 Å². The van der Waals surface area contributed by atoms with Crippen molar-refractivity contribution < 1.29 is 33.5 Å². The van der Waals surface area contributed by atoms with Crippen molar-refractivity contribution >= 4 is 0 Å². The van der Waals surface area contributed by atoms with Crippen LogP contribution in [-0.4, -0.2) is 40.6 Å². The molecule has 0 unspecified atom stereocenters. The van der Waals surface area contributed by atoms with Crippen LogP contribution in [0.2, 0.25) is 5.23 Å². The Morgan fingerprint density at radius 2 is 1.43 bits per heavy atom. The van der Waals surface area contributed by atoms with E-state index in [1.165, 1.54) is 0 Å². The zero-order chi connectivity index (χ0) is 10.9. The molecule has 0 rings (SSSR count). The van der Waals surface area contributed by atoms with E-state index in [1.807, 2.05) is 9.61 Å². The molecule has 0 heterocycles.